The van der Waals surface area contributed by atoms with Gasteiger partial charge >= 0.3 is 0 Å². The Bertz CT molecular complexity index is 892. The zero-order chi connectivity index (χ0) is 19.8. The normalized spacial score (nSPS) is 10.6. The van der Waals surface area contributed by atoms with Crippen molar-refractivity contribution in [2.75, 3.05) is 18.9 Å². The van der Waals surface area contributed by atoms with Crippen LogP contribution in [0, 0.1) is 11.3 Å². The molecule has 0 atom stereocenters. The molecule has 3 aromatic rings. The Kier molecular flexibility index (Phi) is 6.56. The first kappa shape index (κ1) is 19.3. The van der Waals surface area contributed by atoms with Crippen LogP contribution in [0.15, 0.2) is 84.9 Å². The predicted octanol–water partition coefficient (Wildman–Crippen LogP) is 4.41. The van der Waals surface area contributed by atoms with E-state index < -0.39 is 0 Å². The summed E-state index contributed by atoms with van der Waals surface area (Å²) < 4.78 is 0. The van der Waals surface area contributed by atoms with Gasteiger partial charge in [-0.3, -0.25) is 9.69 Å². The van der Waals surface area contributed by atoms with Crippen LogP contribution in [0.2, 0.25) is 0 Å². The van der Waals surface area contributed by atoms with Crippen molar-refractivity contribution in [1.82, 2.24) is 4.90 Å². The summed E-state index contributed by atoms with van der Waals surface area (Å²) in [7, 11) is 1.96. The number of nitrogens with zero attached hydrogens (tertiary/aromatic N) is 2. The van der Waals surface area contributed by atoms with Crippen LogP contribution >= 0.6 is 0 Å². The first-order chi connectivity index (χ1) is 13.7. The Morgan fingerprint density at radius 3 is 1.96 bits per heavy atom. The topological polar surface area (TPSA) is 56.1 Å². The number of rotatable bonds is 7. The van der Waals surface area contributed by atoms with Gasteiger partial charge in [-0.2, -0.15) is 5.26 Å². The van der Waals surface area contributed by atoms with Crippen molar-refractivity contribution >= 4 is 11.6 Å². The highest BCUT2D eigenvalue weighted by atomic mass is 16.2. The number of likely N-dealkylation sites (N-methyl/N-ethyl adjacent to an activating group) is 1. The first-order valence-electron chi connectivity index (χ1n) is 9.23. The summed E-state index contributed by atoms with van der Waals surface area (Å²) in [6, 6.07) is 29.9. The second-order valence-electron chi connectivity index (χ2n) is 6.72. The lowest BCUT2D eigenvalue weighted by atomic mass is 9.97. The van der Waals surface area contributed by atoms with Crippen LogP contribution in [0.3, 0.4) is 0 Å². The van der Waals surface area contributed by atoms with Crippen molar-refractivity contribution in [2.45, 2.75) is 12.5 Å². The summed E-state index contributed by atoms with van der Waals surface area (Å²) >= 11 is 0. The Balaban J connectivity index is 1.72. The van der Waals surface area contributed by atoms with E-state index in [9.17, 15) is 4.79 Å². The molecule has 0 aliphatic heterocycles. The number of hydrogen-bond acceptors (Lipinski definition) is 3. The minimum atomic E-state index is -0.0765. The van der Waals surface area contributed by atoms with Crippen LogP contribution in [-0.2, 0) is 11.2 Å². The standard InChI is InChI=1S/C24H23N3O/c1-27(18-23(28)26-22-14-12-19(13-15-22)16-17-25)24(20-8-4-2-5-9-20)21-10-6-3-7-11-21/h2-15,24H,16,18H2,1H3,(H,26,28). The Morgan fingerprint density at radius 2 is 1.46 bits per heavy atom. The fourth-order valence-electron chi connectivity index (χ4n) is 3.29. The van der Waals surface area contributed by atoms with Crippen molar-refractivity contribution < 1.29 is 4.79 Å². The van der Waals surface area contributed by atoms with Gasteiger partial charge < -0.3 is 5.32 Å². The van der Waals surface area contributed by atoms with Crippen LogP contribution in [0.1, 0.15) is 22.7 Å². The molecule has 4 heteroatoms. The Hall–Kier alpha value is -3.42. The lowest BCUT2D eigenvalue weighted by Crippen LogP contribution is -2.33. The molecule has 0 saturated heterocycles. The van der Waals surface area contributed by atoms with E-state index in [1.807, 2.05) is 72.6 Å². The Morgan fingerprint density at radius 1 is 0.929 bits per heavy atom. The summed E-state index contributed by atoms with van der Waals surface area (Å²) in [5.41, 5.74) is 3.96. The van der Waals surface area contributed by atoms with Gasteiger partial charge in [0, 0.05) is 5.69 Å². The third kappa shape index (κ3) is 5.06. The second-order valence-corrected chi connectivity index (χ2v) is 6.72. The average Bonchev–Trinajstić information content (AvgIpc) is 2.71. The van der Waals surface area contributed by atoms with E-state index >= 15 is 0 Å². The highest BCUT2D eigenvalue weighted by Crippen LogP contribution is 2.27. The third-order valence-corrected chi connectivity index (χ3v) is 4.59. The quantitative estimate of drug-likeness (QED) is 0.671. The largest absolute Gasteiger partial charge is 0.325 e. The van der Waals surface area contributed by atoms with E-state index in [-0.39, 0.29) is 18.5 Å². The fraction of sp³-hybridized carbons (Fsp3) is 0.167. The van der Waals surface area contributed by atoms with E-state index in [2.05, 4.69) is 35.7 Å². The summed E-state index contributed by atoms with van der Waals surface area (Å²) in [6.45, 7) is 0.258. The van der Waals surface area contributed by atoms with Gasteiger partial charge in [-0.05, 0) is 35.9 Å². The van der Waals surface area contributed by atoms with E-state index in [1.165, 1.54) is 0 Å². The number of hydrogen-bond donors (Lipinski definition) is 1. The van der Waals surface area contributed by atoms with Crippen LogP contribution in [0.5, 0.6) is 0 Å². The number of nitrogens with one attached hydrogen (secondary N) is 1. The van der Waals surface area contributed by atoms with Gasteiger partial charge in [0.1, 0.15) is 0 Å². The second kappa shape index (κ2) is 9.50. The first-order valence-corrected chi connectivity index (χ1v) is 9.23. The molecule has 0 fully saturated rings. The highest BCUT2D eigenvalue weighted by molar-refractivity contribution is 5.92. The summed E-state index contributed by atoms with van der Waals surface area (Å²) in [5, 5.41) is 11.7. The minimum Gasteiger partial charge on any atom is -0.325 e. The van der Waals surface area contributed by atoms with Gasteiger partial charge in [-0.15, -0.1) is 0 Å². The van der Waals surface area contributed by atoms with Gasteiger partial charge in [-0.25, -0.2) is 0 Å². The highest BCUT2D eigenvalue weighted by Gasteiger charge is 2.21. The molecule has 0 aliphatic carbocycles. The molecule has 0 aromatic heterocycles. The molecule has 1 N–H and O–H groups in total. The van der Waals surface area contributed by atoms with Gasteiger partial charge in [-0.1, -0.05) is 72.8 Å². The molecule has 28 heavy (non-hydrogen) atoms. The van der Waals surface area contributed by atoms with Gasteiger partial charge in [0.05, 0.1) is 25.1 Å². The Labute approximate surface area is 166 Å². The molecule has 140 valence electrons. The van der Waals surface area contributed by atoms with Crippen LogP contribution in [0.4, 0.5) is 5.69 Å². The molecule has 0 saturated carbocycles. The van der Waals surface area contributed by atoms with Crippen molar-refractivity contribution in [3.8, 4) is 6.07 Å². The SMILES string of the molecule is CN(CC(=O)Nc1ccc(CC#N)cc1)C(c1ccccc1)c1ccccc1. The van der Waals surface area contributed by atoms with Crippen LogP contribution in [-0.4, -0.2) is 24.4 Å². The number of benzene rings is 3. The van der Waals surface area contributed by atoms with Crippen LogP contribution in [0.25, 0.3) is 0 Å². The molecular formula is C24H23N3O. The summed E-state index contributed by atoms with van der Waals surface area (Å²) in [5.74, 6) is -0.0765. The minimum absolute atomic E-state index is 0.00819. The molecule has 0 heterocycles. The molecule has 0 spiro atoms. The van der Waals surface area contributed by atoms with Crippen molar-refractivity contribution in [1.29, 1.82) is 5.26 Å². The van der Waals surface area contributed by atoms with Gasteiger partial charge in [0.15, 0.2) is 0 Å². The average molecular weight is 369 g/mol. The maximum atomic E-state index is 12.6. The predicted molar refractivity (Wildman–Crippen MR) is 112 cm³/mol. The lowest BCUT2D eigenvalue weighted by Gasteiger charge is -2.28. The molecule has 3 aromatic carbocycles. The maximum Gasteiger partial charge on any atom is 0.238 e. The zero-order valence-electron chi connectivity index (χ0n) is 15.9. The molecule has 4 nitrogen and oxygen atoms in total. The smallest absolute Gasteiger partial charge is 0.238 e. The van der Waals surface area contributed by atoms with Crippen LogP contribution < -0.4 is 5.32 Å². The van der Waals surface area contributed by atoms with Crippen molar-refractivity contribution in [3.63, 3.8) is 0 Å². The molecule has 0 unspecified atom stereocenters. The number of carbonyl (C=O) groups excluding carboxylic acids is 1. The summed E-state index contributed by atoms with van der Waals surface area (Å²) in [4.78, 5) is 14.6. The number of carbonyl (C=O) groups is 1. The molecule has 3 rings (SSSR count). The zero-order valence-corrected chi connectivity index (χ0v) is 15.9. The number of anilines is 1. The monoisotopic (exact) mass is 369 g/mol. The fourth-order valence-corrected chi connectivity index (χ4v) is 3.29. The van der Waals surface area contributed by atoms with Crippen molar-refractivity contribution in [2.24, 2.45) is 0 Å². The van der Waals surface area contributed by atoms with E-state index in [0.717, 1.165) is 22.4 Å². The molecule has 0 bridgehead atoms. The van der Waals surface area contributed by atoms with Crippen molar-refractivity contribution in [3.05, 3.63) is 102 Å². The van der Waals surface area contributed by atoms with Gasteiger partial charge in [0.2, 0.25) is 5.91 Å². The van der Waals surface area contributed by atoms with E-state index in [4.69, 9.17) is 5.26 Å². The molecule has 1 amide bonds. The maximum absolute atomic E-state index is 12.6. The summed E-state index contributed by atoms with van der Waals surface area (Å²) in [6.07, 6.45) is 0.368. The lowest BCUT2D eigenvalue weighted by molar-refractivity contribution is -0.117. The third-order valence-electron chi connectivity index (χ3n) is 4.59. The van der Waals surface area contributed by atoms with E-state index in [1.54, 1.807) is 0 Å². The van der Waals surface area contributed by atoms with E-state index in [0.29, 0.717) is 6.42 Å². The number of nitriles is 1. The molecule has 0 radical (unpaired) electrons. The number of amides is 1. The van der Waals surface area contributed by atoms with Gasteiger partial charge in [0.25, 0.3) is 0 Å². The molecular weight excluding hydrogens is 346 g/mol. The molecule has 0 aliphatic rings.